The van der Waals surface area contributed by atoms with E-state index in [-0.39, 0.29) is 0 Å². The maximum atomic E-state index is 4.01. The molecule has 0 aromatic heterocycles. The van der Waals surface area contributed by atoms with Gasteiger partial charge in [0.2, 0.25) is 0 Å². The molecule has 0 nitrogen and oxygen atoms in total. The molecular weight excluding hydrogens is 132 g/mol. The van der Waals surface area contributed by atoms with Gasteiger partial charge in [-0.3, -0.25) is 0 Å². The number of hydrogen-bond acceptors (Lipinski definition) is 0. The van der Waals surface area contributed by atoms with E-state index in [1.165, 1.54) is 12.8 Å². The average Bonchev–Trinajstić information content (AvgIpc) is 1.97. The van der Waals surface area contributed by atoms with Crippen molar-refractivity contribution in [1.29, 1.82) is 0 Å². The molecule has 2 unspecified atom stereocenters. The van der Waals surface area contributed by atoms with Gasteiger partial charge in [0.25, 0.3) is 0 Å². The Morgan fingerprint density at radius 3 is 2.36 bits per heavy atom. The van der Waals surface area contributed by atoms with Crippen molar-refractivity contribution in [3.63, 3.8) is 0 Å². The third-order valence-electron chi connectivity index (χ3n) is 2.16. The molecule has 0 fully saturated rings. The molecule has 0 aliphatic rings. The maximum Gasteiger partial charge on any atom is -0.0348 e. The molecule has 0 aromatic carbocycles. The summed E-state index contributed by atoms with van der Waals surface area (Å²) in [4.78, 5) is 0. The molecular formula is C11H21. The zero-order chi connectivity index (χ0) is 8.69. The van der Waals surface area contributed by atoms with E-state index in [9.17, 15) is 0 Å². The first-order chi connectivity index (χ1) is 5.18. The molecule has 0 bridgehead atoms. The first kappa shape index (κ1) is 10.7. The van der Waals surface area contributed by atoms with Crippen LogP contribution in [-0.2, 0) is 0 Å². The van der Waals surface area contributed by atoms with E-state index < -0.39 is 0 Å². The average molecular weight is 153 g/mol. The lowest BCUT2D eigenvalue weighted by Crippen LogP contribution is -2.02. The summed E-state index contributed by atoms with van der Waals surface area (Å²) in [6, 6.07) is 0. The van der Waals surface area contributed by atoms with Crippen molar-refractivity contribution in [2.24, 2.45) is 11.8 Å². The molecule has 11 heavy (non-hydrogen) atoms. The normalized spacial score (nSPS) is 14.6. The first-order valence-corrected chi connectivity index (χ1v) is 4.66. The van der Waals surface area contributed by atoms with Crippen LogP contribution in [0, 0.1) is 18.8 Å². The van der Waals surface area contributed by atoms with Gasteiger partial charge in [0.1, 0.15) is 0 Å². The quantitative estimate of drug-likeness (QED) is 0.526. The van der Waals surface area contributed by atoms with E-state index in [1.54, 1.807) is 0 Å². The highest BCUT2D eigenvalue weighted by Gasteiger charge is 2.04. The zero-order valence-electron chi connectivity index (χ0n) is 8.14. The summed E-state index contributed by atoms with van der Waals surface area (Å²) in [6.07, 6.45) is 8.17. The van der Waals surface area contributed by atoms with Crippen molar-refractivity contribution in [3.05, 3.63) is 19.1 Å². The topological polar surface area (TPSA) is 0 Å². The molecule has 0 aliphatic carbocycles. The van der Waals surface area contributed by atoms with Gasteiger partial charge in [0.05, 0.1) is 0 Å². The number of hydrogen-bond donors (Lipinski definition) is 0. The smallest absolute Gasteiger partial charge is 0.0348 e. The Kier molecular flexibility index (Phi) is 6.30. The van der Waals surface area contributed by atoms with Crippen molar-refractivity contribution >= 4 is 0 Å². The van der Waals surface area contributed by atoms with Gasteiger partial charge in [0, 0.05) is 0 Å². The minimum atomic E-state index is 0.588. The van der Waals surface area contributed by atoms with Crippen LogP contribution in [0.25, 0.3) is 0 Å². The molecule has 0 amide bonds. The third kappa shape index (κ3) is 6.15. The van der Waals surface area contributed by atoms with Crippen molar-refractivity contribution in [3.8, 4) is 0 Å². The van der Waals surface area contributed by atoms with Crippen LogP contribution in [-0.4, -0.2) is 0 Å². The molecule has 0 aliphatic heterocycles. The summed E-state index contributed by atoms with van der Waals surface area (Å²) in [6.45, 7) is 10.6. The highest BCUT2D eigenvalue weighted by Crippen LogP contribution is 2.15. The predicted octanol–water partition coefficient (Wildman–Crippen LogP) is 3.84. The highest BCUT2D eigenvalue weighted by molar-refractivity contribution is 4.81. The standard InChI is InChI=1S/C11H21/c1-5-6-7-8-9-11(4)10(2)3/h6-7,10-11H,2,5,8-9H2,1,3-4H3/b7-6+. The maximum absolute atomic E-state index is 4.01. The SMILES string of the molecule is [CH2]C(C)C(C)CC/C=C/CC. The van der Waals surface area contributed by atoms with Gasteiger partial charge in [-0.15, -0.1) is 0 Å². The van der Waals surface area contributed by atoms with Gasteiger partial charge in [-0.05, 0) is 31.1 Å². The number of rotatable bonds is 5. The fraction of sp³-hybridized carbons (Fsp3) is 0.727. The molecule has 0 aromatic rings. The third-order valence-corrected chi connectivity index (χ3v) is 2.16. The van der Waals surface area contributed by atoms with E-state index >= 15 is 0 Å². The Hall–Kier alpha value is -0.260. The zero-order valence-corrected chi connectivity index (χ0v) is 8.14. The van der Waals surface area contributed by atoms with Crippen LogP contribution < -0.4 is 0 Å². The number of allylic oxidation sites excluding steroid dienone is 2. The summed E-state index contributed by atoms with van der Waals surface area (Å²) < 4.78 is 0. The summed E-state index contributed by atoms with van der Waals surface area (Å²) in [5.74, 6) is 1.35. The Morgan fingerprint density at radius 1 is 1.27 bits per heavy atom. The van der Waals surface area contributed by atoms with E-state index in [1.807, 2.05) is 0 Å². The van der Waals surface area contributed by atoms with Crippen molar-refractivity contribution in [1.82, 2.24) is 0 Å². The lowest BCUT2D eigenvalue weighted by atomic mass is 9.93. The second kappa shape index (κ2) is 6.45. The Bertz CT molecular complexity index is 101. The summed E-state index contributed by atoms with van der Waals surface area (Å²) in [5, 5.41) is 0. The molecule has 0 rings (SSSR count). The Balaban J connectivity index is 3.31. The van der Waals surface area contributed by atoms with Gasteiger partial charge in [-0.25, -0.2) is 0 Å². The van der Waals surface area contributed by atoms with Crippen LogP contribution in [0.4, 0.5) is 0 Å². The Labute approximate surface area is 71.7 Å². The van der Waals surface area contributed by atoms with Gasteiger partial charge in [-0.1, -0.05) is 39.8 Å². The summed E-state index contributed by atoms with van der Waals surface area (Å²) in [5.41, 5.74) is 0. The minimum Gasteiger partial charge on any atom is -0.0888 e. The Morgan fingerprint density at radius 2 is 1.91 bits per heavy atom. The van der Waals surface area contributed by atoms with E-state index in [2.05, 4.69) is 39.8 Å². The van der Waals surface area contributed by atoms with Gasteiger partial charge < -0.3 is 0 Å². The van der Waals surface area contributed by atoms with E-state index in [4.69, 9.17) is 0 Å². The molecule has 0 N–H and O–H groups in total. The molecule has 0 heteroatoms. The molecule has 0 heterocycles. The van der Waals surface area contributed by atoms with E-state index in [0.717, 1.165) is 12.3 Å². The van der Waals surface area contributed by atoms with E-state index in [0.29, 0.717) is 5.92 Å². The van der Waals surface area contributed by atoms with Gasteiger partial charge in [0.15, 0.2) is 0 Å². The van der Waals surface area contributed by atoms with Crippen molar-refractivity contribution < 1.29 is 0 Å². The molecule has 1 radical (unpaired) electrons. The first-order valence-electron chi connectivity index (χ1n) is 4.66. The van der Waals surface area contributed by atoms with Crippen LogP contribution in [0.1, 0.15) is 40.0 Å². The summed E-state index contributed by atoms with van der Waals surface area (Å²) in [7, 11) is 0. The highest BCUT2D eigenvalue weighted by atomic mass is 14.1. The molecule has 0 spiro atoms. The fourth-order valence-corrected chi connectivity index (χ4v) is 0.928. The van der Waals surface area contributed by atoms with Crippen LogP contribution in [0.5, 0.6) is 0 Å². The minimum absolute atomic E-state index is 0.588. The lowest BCUT2D eigenvalue weighted by Gasteiger charge is -2.13. The molecule has 0 saturated heterocycles. The predicted molar refractivity (Wildman–Crippen MR) is 52.4 cm³/mol. The second-order valence-corrected chi connectivity index (χ2v) is 3.41. The monoisotopic (exact) mass is 153 g/mol. The summed E-state index contributed by atoms with van der Waals surface area (Å²) >= 11 is 0. The van der Waals surface area contributed by atoms with Gasteiger partial charge in [-0.2, -0.15) is 0 Å². The fourth-order valence-electron chi connectivity index (χ4n) is 0.928. The van der Waals surface area contributed by atoms with Crippen LogP contribution in [0.2, 0.25) is 0 Å². The van der Waals surface area contributed by atoms with Crippen molar-refractivity contribution in [2.45, 2.75) is 40.0 Å². The largest absolute Gasteiger partial charge is 0.0888 e. The van der Waals surface area contributed by atoms with Crippen molar-refractivity contribution in [2.75, 3.05) is 0 Å². The molecule has 0 saturated carbocycles. The van der Waals surface area contributed by atoms with Crippen LogP contribution >= 0.6 is 0 Å². The molecule has 2 atom stereocenters. The van der Waals surface area contributed by atoms with Crippen LogP contribution in [0.3, 0.4) is 0 Å². The van der Waals surface area contributed by atoms with Crippen LogP contribution in [0.15, 0.2) is 12.2 Å². The van der Waals surface area contributed by atoms with Gasteiger partial charge >= 0.3 is 0 Å². The second-order valence-electron chi connectivity index (χ2n) is 3.41. The molecule has 65 valence electrons. The lowest BCUT2D eigenvalue weighted by molar-refractivity contribution is 0.429.